The number of benzene rings is 1. The van der Waals surface area contributed by atoms with E-state index >= 15 is 0 Å². The highest BCUT2D eigenvalue weighted by Gasteiger charge is 2.25. The first-order valence-corrected chi connectivity index (χ1v) is 7.64. The topological polar surface area (TPSA) is 68.2 Å². The van der Waals surface area contributed by atoms with Gasteiger partial charge in [-0.3, -0.25) is 4.90 Å². The smallest absolute Gasteiger partial charge is 0.240 e. The van der Waals surface area contributed by atoms with E-state index in [0.717, 1.165) is 25.3 Å². The number of nitrogens with zero attached hydrogens (tertiary/aromatic N) is 3. The molecule has 1 aliphatic heterocycles. The summed E-state index contributed by atoms with van der Waals surface area (Å²) in [5.74, 6) is 1.27. The third-order valence-corrected chi connectivity index (χ3v) is 4.14. The van der Waals surface area contributed by atoms with Crippen molar-refractivity contribution < 1.29 is 4.52 Å². The highest BCUT2D eigenvalue weighted by molar-refractivity contribution is 5.85. The lowest BCUT2D eigenvalue weighted by molar-refractivity contribution is 0.225. The molecule has 1 aromatic heterocycles. The summed E-state index contributed by atoms with van der Waals surface area (Å²) in [5, 5.41) is 4.00. The number of aromatic nitrogens is 2. The first kappa shape index (κ1) is 16.9. The molecule has 0 bridgehead atoms. The molecule has 0 amide bonds. The van der Waals surface area contributed by atoms with Crippen LogP contribution in [0.15, 0.2) is 34.9 Å². The highest BCUT2D eigenvalue weighted by atomic mass is 35.5. The molecular formula is C16H23ClN4O. The minimum absolute atomic E-state index is 0. The molecule has 22 heavy (non-hydrogen) atoms. The second-order valence-electron chi connectivity index (χ2n) is 5.60. The number of rotatable bonds is 6. The Bertz CT molecular complexity index is 560. The van der Waals surface area contributed by atoms with Gasteiger partial charge in [0.2, 0.25) is 5.89 Å². The summed E-state index contributed by atoms with van der Waals surface area (Å²) in [6, 6.07) is 11.3. The van der Waals surface area contributed by atoms with Crippen molar-refractivity contribution >= 4 is 12.4 Å². The Balaban J connectivity index is 0.00000176. The van der Waals surface area contributed by atoms with Gasteiger partial charge in [-0.2, -0.15) is 4.98 Å². The predicted molar refractivity (Wildman–Crippen MR) is 87.6 cm³/mol. The Morgan fingerprint density at radius 3 is 2.82 bits per heavy atom. The van der Waals surface area contributed by atoms with Gasteiger partial charge in [-0.15, -0.1) is 12.4 Å². The van der Waals surface area contributed by atoms with Gasteiger partial charge in [-0.05, 0) is 37.8 Å². The standard InChI is InChI=1S/C16H22N4O.ClH/c17-11-16-18-15(19-21-16)12-20-10-4-7-14(20)9-8-13-5-2-1-3-6-13;/h1-3,5-6,14H,4,7-12,17H2;1H. The molecule has 6 heteroatoms. The van der Waals surface area contributed by atoms with E-state index in [9.17, 15) is 0 Å². The van der Waals surface area contributed by atoms with Gasteiger partial charge in [-0.1, -0.05) is 35.5 Å². The zero-order valence-electron chi connectivity index (χ0n) is 12.6. The van der Waals surface area contributed by atoms with Gasteiger partial charge in [0, 0.05) is 6.04 Å². The van der Waals surface area contributed by atoms with Crippen molar-refractivity contribution in [1.29, 1.82) is 0 Å². The number of aryl methyl sites for hydroxylation is 1. The van der Waals surface area contributed by atoms with E-state index in [1.807, 2.05) is 0 Å². The molecule has 1 aromatic carbocycles. The zero-order chi connectivity index (χ0) is 14.5. The van der Waals surface area contributed by atoms with Gasteiger partial charge in [0.25, 0.3) is 0 Å². The van der Waals surface area contributed by atoms with Gasteiger partial charge in [0.15, 0.2) is 5.82 Å². The van der Waals surface area contributed by atoms with Gasteiger partial charge in [0.1, 0.15) is 0 Å². The second-order valence-corrected chi connectivity index (χ2v) is 5.60. The number of likely N-dealkylation sites (tertiary alicyclic amines) is 1. The molecular weight excluding hydrogens is 300 g/mol. The third kappa shape index (κ3) is 4.29. The minimum Gasteiger partial charge on any atom is -0.338 e. The lowest BCUT2D eigenvalue weighted by Gasteiger charge is -2.22. The van der Waals surface area contributed by atoms with Crippen molar-refractivity contribution in [2.45, 2.75) is 44.8 Å². The molecule has 0 spiro atoms. The van der Waals surface area contributed by atoms with Crippen LogP contribution in [0.1, 0.15) is 36.5 Å². The zero-order valence-corrected chi connectivity index (χ0v) is 13.5. The Kier molecular flexibility index (Phi) is 6.36. The van der Waals surface area contributed by atoms with E-state index in [2.05, 4.69) is 45.4 Å². The van der Waals surface area contributed by atoms with Crippen LogP contribution in [0.5, 0.6) is 0 Å². The van der Waals surface area contributed by atoms with Gasteiger partial charge >= 0.3 is 0 Å². The molecule has 0 radical (unpaired) electrons. The molecule has 5 nitrogen and oxygen atoms in total. The van der Waals surface area contributed by atoms with Crippen LogP contribution in [0.2, 0.25) is 0 Å². The summed E-state index contributed by atoms with van der Waals surface area (Å²) in [5.41, 5.74) is 6.91. The van der Waals surface area contributed by atoms with Gasteiger partial charge < -0.3 is 10.3 Å². The summed E-state index contributed by atoms with van der Waals surface area (Å²) in [6.45, 7) is 2.19. The average Bonchev–Trinajstić information content (AvgIpc) is 3.16. The Hall–Kier alpha value is -1.43. The van der Waals surface area contributed by atoms with Crippen LogP contribution in [0.3, 0.4) is 0 Å². The summed E-state index contributed by atoms with van der Waals surface area (Å²) in [7, 11) is 0. The van der Waals surface area contributed by atoms with E-state index in [4.69, 9.17) is 10.3 Å². The number of halogens is 1. The maximum atomic E-state index is 5.50. The monoisotopic (exact) mass is 322 g/mol. The SMILES string of the molecule is Cl.NCc1nc(CN2CCCC2CCc2ccccc2)no1. The van der Waals surface area contributed by atoms with E-state index in [0.29, 0.717) is 18.5 Å². The Morgan fingerprint density at radius 1 is 1.27 bits per heavy atom. The second kappa shape index (κ2) is 8.27. The molecule has 1 atom stereocenters. The van der Waals surface area contributed by atoms with Crippen molar-refractivity contribution in [2.75, 3.05) is 6.54 Å². The lowest BCUT2D eigenvalue weighted by atomic mass is 10.0. The molecule has 2 aromatic rings. The van der Waals surface area contributed by atoms with Crippen molar-refractivity contribution in [3.63, 3.8) is 0 Å². The molecule has 1 fully saturated rings. The van der Waals surface area contributed by atoms with Crippen LogP contribution in [0, 0.1) is 0 Å². The molecule has 2 heterocycles. The van der Waals surface area contributed by atoms with Crippen molar-refractivity contribution in [1.82, 2.24) is 15.0 Å². The average molecular weight is 323 g/mol. The minimum atomic E-state index is 0. The molecule has 1 saturated heterocycles. The number of hydrogen-bond donors (Lipinski definition) is 1. The van der Waals surface area contributed by atoms with Crippen LogP contribution < -0.4 is 5.73 Å². The summed E-state index contributed by atoms with van der Waals surface area (Å²) < 4.78 is 5.08. The largest absolute Gasteiger partial charge is 0.338 e. The van der Waals surface area contributed by atoms with Crippen molar-refractivity contribution in [2.24, 2.45) is 5.73 Å². The molecule has 3 rings (SSSR count). The summed E-state index contributed by atoms with van der Waals surface area (Å²) in [6.07, 6.45) is 4.82. The fourth-order valence-corrected chi connectivity index (χ4v) is 3.03. The fraction of sp³-hybridized carbons (Fsp3) is 0.500. The first-order chi connectivity index (χ1) is 10.3. The molecule has 120 valence electrons. The molecule has 0 saturated carbocycles. The summed E-state index contributed by atoms with van der Waals surface area (Å²) >= 11 is 0. The van der Waals surface area contributed by atoms with Crippen LogP contribution in [0.4, 0.5) is 0 Å². The predicted octanol–water partition coefficient (Wildman–Crippen LogP) is 2.55. The van der Waals surface area contributed by atoms with Gasteiger partial charge in [0.05, 0.1) is 13.1 Å². The Morgan fingerprint density at radius 2 is 2.09 bits per heavy atom. The fourth-order valence-electron chi connectivity index (χ4n) is 3.03. The molecule has 2 N–H and O–H groups in total. The number of hydrogen-bond acceptors (Lipinski definition) is 5. The molecule has 1 aliphatic rings. The van der Waals surface area contributed by atoms with Crippen molar-refractivity contribution in [3.8, 4) is 0 Å². The van der Waals surface area contributed by atoms with Crippen LogP contribution >= 0.6 is 12.4 Å². The highest BCUT2D eigenvalue weighted by Crippen LogP contribution is 2.23. The first-order valence-electron chi connectivity index (χ1n) is 7.64. The third-order valence-electron chi connectivity index (χ3n) is 4.14. The molecule has 0 aliphatic carbocycles. The maximum absolute atomic E-state index is 5.50. The lowest BCUT2D eigenvalue weighted by Crippen LogP contribution is -2.29. The van der Waals surface area contributed by atoms with Gasteiger partial charge in [-0.25, -0.2) is 0 Å². The van der Waals surface area contributed by atoms with E-state index in [-0.39, 0.29) is 12.4 Å². The van der Waals surface area contributed by atoms with Crippen LogP contribution in [0.25, 0.3) is 0 Å². The summed E-state index contributed by atoms with van der Waals surface area (Å²) in [4.78, 5) is 6.77. The number of nitrogens with two attached hydrogens (primary N) is 1. The normalized spacial score (nSPS) is 18.3. The van der Waals surface area contributed by atoms with E-state index < -0.39 is 0 Å². The quantitative estimate of drug-likeness (QED) is 0.885. The van der Waals surface area contributed by atoms with Crippen LogP contribution in [-0.2, 0) is 19.5 Å². The van der Waals surface area contributed by atoms with E-state index in [1.54, 1.807) is 0 Å². The Labute approximate surface area is 137 Å². The van der Waals surface area contributed by atoms with Crippen LogP contribution in [-0.4, -0.2) is 27.6 Å². The maximum Gasteiger partial charge on any atom is 0.240 e. The van der Waals surface area contributed by atoms with Crippen molar-refractivity contribution in [3.05, 3.63) is 47.6 Å². The van der Waals surface area contributed by atoms with E-state index in [1.165, 1.54) is 24.8 Å². The molecule has 1 unspecified atom stereocenters.